The number of anilines is 1. The summed E-state index contributed by atoms with van der Waals surface area (Å²) in [6.45, 7) is 0.378. The average molecular weight is 313 g/mol. The fourth-order valence-corrected chi connectivity index (χ4v) is 4.04. The van der Waals surface area contributed by atoms with Crippen LogP contribution < -0.4 is 16.0 Å². The molecule has 21 heavy (non-hydrogen) atoms. The average Bonchev–Trinajstić information content (AvgIpc) is 2.95. The van der Waals surface area contributed by atoms with E-state index in [1.807, 2.05) is 14.1 Å². The summed E-state index contributed by atoms with van der Waals surface area (Å²) in [4.78, 5) is 6.04. The third-order valence-corrected chi connectivity index (χ3v) is 5.61. The van der Waals surface area contributed by atoms with Crippen LogP contribution in [0.3, 0.4) is 0 Å². The second-order valence-electron chi connectivity index (χ2n) is 5.65. The second-order valence-corrected chi connectivity index (χ2v) is 7.33. The molecule has 1 aliphatic carbocycles. The van der Waals surface area contributed by atoms with Gasteiger partial charge in [-0.05, 0) is 39.1 Å². The molecule has 1 heterocycles. The van der Waals surface area contributed by atoms with Crippen LogP contribution in [0, 0.1) is 0 Å². The highest BCUT2D eigenvalue weighted by Gasteiger charge is 2.37. The van der Waals surface area contributed by atoms with Crippen molar-refractivity contribution < 1.29 is 8.42 Å². The molecule has 1 saturated carbocycles. The summed E-state index contributed by atoms with van der Waals surface area (Å²) >= 11 is 0. The Morgan fingerprint density at radius 2 is 2.05 bits per heavy atom. The minimum Gasteiger partial charge on any atom is -0.321 e. The topological polar surface area (TPSA) is 100 Å². The number of hydrogen-bond acceptors (Lipinski definition) is 6. The van der Waals surface area contributed by atoms with Crippen LogP contribution in [0.1, 0.15) is 25.7 Å². The zero-order chi connectivity index (χ0) is 15.5. The van der Waals surface area contributed by atoms with Crippen molar-refractivity contribution in [3.8, 4) is 0 Å². The Bertz CT molecular complexity index is 582. The highest BCUT2D eigenvalue weighted by molar-refractivity contribution is 7.89. The van der Waals surface area contributed by atoms with E-state index in [1.54, 1.807) is 12.1 Å². The van der Waals surface area contributed by atoms with Gasteiger partial charge in [-0.2, -0.15) is 0 Å². The summed E-state index contributed by atoms with van der Waals surface area (Å²) in [5.74, 6) is 5.35. The SMILES string of the molecule is CN(C)C1(CNS(=O)(=O)c2ncccc2NN)CCCC1. The number of sulfonamides is 1. The van der Waals surface area contributed by atoms with Gasteiger partial charge in [0.25, 0.3) is 10.0 Å². The summed E-state index contributed by atoms with van der Waals surface area (Å²) in [5.41, 5.74) is 2.54. The first kappa shape index (κ1) is 16.2. The van der Waals surface area contributed by atoms with Crippen molar-refractivity contribution in [1.82, 2.24) is 14.6 Å². The lowest BCUT2D eigenvalue weighted by atomic mass is 9.97. The molecule has 0 unspecified atom stereocenters. The zero-order valence-corrected chi connectivity index (χ0v) is 13.3. The van der Waals surface area contributed by atoms with Crippen molar-refractivity contribution in [2.45, 2.75) is 36.2 Å². The molecule has 1 fully saturated rings. The quantitative estimate of drug-likeness (QED) is 0.523. The molecule has 0 amide bonds. The van der Waals surface area contributed by atoms with Gasteiger partial charge in [-0.15, -0.1) is 0 Å². The summed E-state index contributed by atoms with van der Waals surface area (Å²) in [7, 11) is 0.294. The van der Waals surface area contributed by atoms with Crippen molar-refractivity contribution >= 4 is 15.7 Å². The monoisotopic (exact) mass is 313 g/mol. The highest BCUT2D eigenvalue weighted by atomic mass is 32.2. The van der Waals surface area contributed by atoms with Gasteiger partial charge in [-0.3, -0.25) is 5.84 Å². The fraction of sp³-hybridized carbons (Fsp3) is 0.615. The van der Waals surface area contributed by atoms with Gasteiger partial charge in [-0.25, -0.2) is 18.1 Å². The van der Waals surface area contributed by atoms with E-state index in [9.17, 15) is 8.42 Å². The molecule has 1 aliphatic rings. The largest absolute Gasteiger partial charge is 0.321 e. The van der Waals surface area contributed by atoms with Gasteiger partial charge in [0.15, 0.2) is 5.03 Å². The van der Waals surface area contributed by atoms with Crippen molar-refractivity contribution in [2.75, 3.05) is 26.1 Å². The van der Waals surface area contributed by atoms with Crippen LogP contribution in [0.4, 0.5) is 5.69 Å². The molecule has 0 atom stereocenters. The summed E-state index contributed by atoms with van der Waals surface area (Å²) in [6, 6.07) is 3.21. The van der Waals surface area contributed by atoms with Gasteiger partial charge < -0.3 is 10.3 Å². The number of pyridine rings is 1. The predicted octanol–water partition coefficient (Wildman–Crippen LogP) is 0.520. The maximum atomic E-state index is 12.4. The Balaban J connectivity index is 2.18. The van der Waals surface area contributed by atoms with Crippen molar-refractivity contribution in [2.24, 2.45) is 5.84 Å². The third kappa shape index (κ3) is 3.34. The van der Waals surface area contributed by atoms with Crippen molar-refractivity contribution in [3.63, 3.8) is 0 Å². The van der Waals surface area contributed by atoms with E-state index < -0.39 is 10.0 Å². The van der Waals surface area contributed by atoms with Crippen LogP contribution in [-0.2, 0) is 10.0 Å². The number of aromatic nitrogens is 1. The zero-order valence-electron chi connectivity index (χ0n) is 12.5. The number of hydrazine groups is 1. The predicted molar refractivity (Wildman–Crippen MR) is 82.1 cm³/mol. The van der Waals surface area contributed by atoms with E-state index in [-0.39, 0.29) is 16.3 Å². The van der Waals surface area contributed by atoms with E-state index in [0.29, 0.717) is 6.54 Å². The standard InChI is InChI=1S/C13H23N5O2S/c1-18(2)13(7-3-4-8-13)10-16-21(19,20)12-11(17-14)6-5-9-15-12/h5-6,9,16-17H,3-4,7-8,10,14H2,1-2H3. The van der Waals surface area contributed by atoms with Gasteiger partial charge in [0.2, 0.25) is 0 Å². The lowest BCUT2D eigenvalue weighted by molar-refractivity contribution is 0.162. The van der Waals surface area contributed by atoms with Gasteiger partial charge in [0, 0.05) is 18.3 Å². The first-order valence-corrected chi connectivity index (χ1v) is 8.48. The molecule has 0 aliphatic heterocycles. The van der Waals surface area contributed by atoms with E-state index in [4.69, 9.17) is 5.84 Å². The number of nitrogens with two attached hydrogens (primary N) is 1. The van der Waals surface area contributed by atoms with Crippen LogP contribution in [0.2, 0.25) is 0 Å². The summed E-state index contributed by atoms with van der Waals surface area (Å²) in [5, 5.41) is -0.0700. The first-order chi connectivity index (χ1) is 9.91. The van der Waals surface area contributed by atoms with Gasteiger partial charge in [0.05, 0.1) is 5.69 Å². The number of rotatable bonds is 6. The molecule has 1 aromatic rings. The molecule has 8 heteroatoms. The molecule has 0 saturated heterocycles. The second kappa shape index (κ2) is 6.27. The van der Waals surface area contributed by atoms with Crippen LogP contribution in [0.5, 0.6) is 0 Å². The van der Waals surface area contributed by atoms with Gasteiger partial charge in [-0.1, -0.05) is 12.8 Å². The number of likely N-dealkylation sites (N-methyl/N-ethyl adjacent to an activating group) is 1. The maximum Gasteiger partial charge on any atom is 0.260 e. The Morgan fingerprint density at radius 1 is 1.38 bits per heavy atom. The molecule has 7 nitrogen and oxygen atoms in total. The fourth-order valence-electron chi connectivity index (χ4n) is 2.83. The molecule has 118 valence electrons. The van der Waals surface area contributed by atoms with Gasteiger partial charge in [0.1, 0.15) is 0 Å². The van der Waals surface area contributed by atoms with Crippen molar-refractivity contribution in [1.29, 1.82) is 0 Å². The molecule has 0 aromatic carbocycles. The highest BCUT2D eigenvalue weighted by Crippen LogP contribution is 2.33. The maximum absolute atomic E-state index is 12.4. The normalized spacial score (nSPS) is 18.1. The van der Waals surface area contributed by atoms with E-state index in [2.05, 4.69) is 20.0 Å². The number of hydrogen-bond donors (Lipinski definition) is 3. The molecular weight excluding hydrogens is 290 g/mol. The Hall–Kier alpha value is -1.22. The van der Waals surface area contributed by atoms with Crippen LogP contribution in [-0.4, -0.2) is 44.5 Å². The minimum atomic E-state index is -3.69. The summed E-state index contributed by atoms with van der Waals surface area (Å²) in [6.07, 6.45) is 5.67. The molecule has 0 spiro atoms. The number of nitrogen functional groups attached to an aromatic ring is 1. The summed E-state index contributed by atoms with van der Waals surface area (Å²) < 4.78 is 27.6. The lowest BCUT2D eigenvalue weighted by Crippen LogP contribution is -2.50. The number of nitrogens with one attached hydrogen (secondary N) is 2. The van der Waals surface area contributed by atoms with Crippen LogP contribution in [0.25, 0.3) is 0 Å². The molecule has 2 rings (SSSR count). The van der Waals surface area contributed by atoms with Crippen molar-refractivity contribution in [3.05, 3.63) is 18.3 Å². The lowest BCUT2D eigenvalue weighted by Gasteiger charge is -2.36. The minimum absolute atomic E-state index is 0.0700. The Kier molecular flexibility index (Phi) is 4.82. The molecule has 1 aromatic heterocycles. The Labute approximate surface area is 125 Å². The molecule has 4 N–H and O–H groups in total. The van der Waals surface area contributed by atoms with E-state index in [0.717, 1.165) is 25.7 Å². The van der Waals surface area contributed by atoms with E-state index in [1.165, 1.54) is 6.20 Å². The molecule has 0 radical (unpaired) electrons. The third-order valence-electron chi connectivity index (χ3n) is 4.26. The van der Waals surface area contributed by atoms with Gasteiger partial charge >= 0.3 is 0 Å². The smallest absolute Gasteiger partial charge is 0.260 e. The van der Waals surface area contributed by atoms with Crippen LogP contribution in [0.15, 0.2) is 23.4 Å². The molecule has 0 bridgehead atoms. The first-order valence-electron chi connectivity index (χ1n) is 7.00. The number of nitrogens with zero attached hydrogens (tertiary/aromatic N) is 2. The Morgan fingerprint density at radius 3 is 2.62 bits per heavy atom. The van der Waals surface area contributed by atoms with Crippen LogP contribution >= 0.6 is 0 Å². The van der Waals surface area contributed by atoms with E-state index >= 15 is 0 Å². The molecular formula is C13H23N5O2S.